The van der Waals surface area contributed by atoms with E-state index in [9.17, 15) is 0 Å². The minimum absolute atomic E-state index is 0.0370. The summed E-state index contributed by atoms with van der Waals surface area (Å²) in [5.41, 5.74) is 1.36. The molecule has 0 aliphatic carbocycles. The second-order valence-corrected chi connectivity index (χ2v) is 5.80. The third-order valence-corrected chi connectivity index (χ3v) is 3.59. The molecule has 0 amide bonds. The highest BCUT2D eigenvalue weighted by Gasteiger charge is 2.40. The fourth-order valence-electron chi connectivity index (χ4n) is 2.07. The second-order valence-electron chi connectivity index (χ2n) is 5.80. The van der Waals surface area contributed by atoms with Crippen LogP contribution in [0.2, 0.25) is 0 Å². The molecule has 1 aromatic rings. The van der Waals surface area contributed by atoms with E-state index in [0.717, 1.165) is 25.2 Å². The molecule has 2 nitrogen and oxygen atoms in total. The molecule has 1 aromatic carbocycles. The van der Waals surface area contributed by atoms with Crippen LogP contribution in [0.3, 0.4) is 0 Å². The summed E-state index contributed by atoms with van der Waals surface area (Å²) < 4.78 is 11.0. The predicted octanol–water partition coefficient (Wildman–Crippen LogP) is 4.53. The van der Waals surface area contributed by atoms with Crippen molar-refractivity contribution in [3.63, 3.8) is 0 Å². The van der Waals surface area contributed by atoms with Gasteiger partial charge in [0.05, 0.1) is 6.61 Å². The minimum atomic E-state index is -0.0370. The first-order chi connectivity index (χ1) is 9.72. The summed E-state index contributed by atoms with van der Waals surface area (Å²) >= 11 is 0. The molecule has 0 saturated carbocycles. The van der Waals surface area contributed by atoms with Crippen LogP contribution in [-0.4, -0.2) is 18.8 Å². The molecule has 1 aliphatic rings. The van der Waals surface area contributed by atoms with Gasteiger partial charge in [0, 0.05) is 0 Å². The Labute approximate surface area is 122 Å². The highest BCUT2D eigenvalue weighted by Crippen LogP contribution is 2.27. The zero-order chi connectivity index (χ0) is 14.3. The smallest absolute Gasteiger partial charge is 0.123 e. The van der Waals surface area contributed by atoms with Gasteiger partial charge in [-0.25, -0.2) is 0 Å². The van der Waals surface area contributed by atoms with Crippen LogP contribution in [0.4, 0.5) is 0 Å². The molecule has 0 spiro atoms. The van der Waals surface area contributed by atoms with E-state index in [1.54, 1.807) is 0 Å². The largest absolute Gasteiger partial charge is 0.491 e. The summed E-state index contributed by atoms with van der Waals surface area (Å²) in [6.45, 7) is 5.72. The molecular formula is C18H26O2. The number of allylic oxidation sites excluding steroid dienone is 2. The fourth-order valence-corrected chi connectivity index (χ4v) is 2.07. The van der Waals surface area contributed by atoms with Crippen molar-refractivity contribution in [1.29, 1.82) is 0 Å². The van der Waals surface area contributed by atoms with E-state index in [1.807, 2.05) is 0 Å². The van der Waals surface area contributed by atoms with Gasteiger partial charge >= 0.3 is 0 Å². The van der Waals surface area contributed by atoms with Gasteiger partial charge in [-0.15, -0.1) is 0 Å². The summed E-state index contributed by atoms with van der Waals surface area (Å²) in [5, 5.41) is 0. The fraction of sp³-hybridized carbons (Fsp3) is 0.556. The highest BCUT2D eigenvalue weighted by molar-refractivity contribution is 5.27. The van der Waals surface area contributed by atoms with E-state index < -0.39 is 0 Å². The lowest BCUT2D eigenvalue weighted by atomic mass is 10.1. The van der Waals surface area contributed by atoms with Crippen molar-refractivity contribution in [2.45, 2.75) is 51.6 Å². The third kappa shape index (κ3) is 5.38. The molecule has 2 rings (SSSR count). The molecular weight excluding hydrogens is 248 g/mol. The standard InChI is InChI=1S/C18H26O2/c1-3-4-5-6-7-8-9-16-10-12-17(13-11-16)19-14-18(2)15-20-18/h4-5,10-13H,3,6-9,14-15H2,1-2H3/b5-4+. The number of ether oxygens (including phenoxy) is 2. The average Bonchev–Trinajstić information content (AvgIpc) is 3.20. The van der Waals surface area contributed by atoms with Crippen molar-refractivity contribution in [2.24, 2.45) is 0 Å². The molecule has 20 heavy (non-hydrogen) atoms. The molecule has 0 bridgehead atoms. The van der Waals surface area contributed by atoms with Crippen molar-refractivity contribution in [2.75, 3.05) is 13.2 Å². The SMILES string of the molecule is CC/C=C/CCCCc1ccc(OCC2(C)CO2)cc1. The lowest BCUT2D eigenvalue weighted by Gasteiger charge is -2.09. The van der Waals surface area contributed by atoms with Gasteiger partial charge in [0.1, 0.15) is 18.0 Å². The number of aryl methyl sites for hydroxylation is 1. The Morgan fingerprint density at radius 1 is 1.20 bits per heavy atom. The number of epoxide rings is 1. The lowest BCUT2D eigenvalue weighted by Crippen LogP contribution is -2.16. The predicted molar refractivity (Wildman–Crippen MR) is 83.3 cm³/mol. The van der Waals surface area contributed by atoms with Gasteiger partial charge in [-0.3, -0.25) is 0 Å². The molecule has 0 N–H and O–H groups in total. The molecule has 1 atom stereocenters. The van der Waals surface area contributed by atoms with Crippen LogP contribution in [0.25, 0.3) is 0 Å². The molecule has 2 heteroatoms. The van der Waals surface area contributed by atoms with Crippen molar-refractivity contribution < 1.29 is 9.47 Å². The van der Waals surface area contributed by atoms with E-state index in [1.165, 1.54) is 24.8 Å². The van der Waals surface area contributed by atoms with Crippen LogP contribution in [0, 0.1) is 0 Å². The van der Waals surface area contributed by atoms with Crippen molar-refractivity contribution in [1.82, 2.24) is 0 Å². The number of hydrogen-bond acceptors (Lipinski definition) is 2. The number of unbranched alkanes of at least 4 members (excludes halogenated alkanes) is 2. The van der Waals surface area contributed by atoms with Crippen molar-refractivity contribution in [3.8, 4) is 5.75 Å². The van der Waals surface area contributed by atoms with E-state index in [0.29, 0.717) is 6.61 Å². The monoisotopic (exact) mass is 274 g/mol. The van der Waals surface area contributed by atoms with Crippen LogP contribution in [0.1, 0.15) is 45.1 Å². The molecule has 0 aromatic heterocycles. The van der Waals surface area contributed by atoms with Crippen LogP contribution >= 0.6 is 0 Å². The first kappa shape index (κ1) is 15.1. The topological polar surface area (TPSA) is 21.8 Å². The quantitative estimate of drug-likeness (QED) is 0.375. The minimum Gasteiger partial charge on any atom is -0.491 e. The maximum Gasteiger partial charge on any atom is 0.123 e. The molecule has 1 aliphatic heterocycles. The number of rotatable bonds is 9. The molecule has 110 valence electrons. The number of benzene rings is 1. The summed E-state index contributed by atoms with van der Waals surface area (Å²) in [4.78, 5) is 0. The van der Waals surface area contributed by atoms with Gasteiger partial charge in [0.15, 0.2) is 0 Å². The first-order valence-electron chi connectivity index (χ1n) is 7.72. The second kappa shape index (κ2) is 7.49. The Hall–Kier alpha value is -1.28. The van der Waals surface area contributed by atoms with Crippen LogP contribution in [0.5, 0.6) is 5.75 Å². The van der Waals surface area contributed by atoms with E-state index in [4.69, 9.17) is 9.47 Å². The zero-order valence-electron chi connectivity index (χ0n) is 12.7. The summed E-state index contributed by atoms with van der Waals surface area (Å²) in [6, 6.07) is 8.48. The van der Waals surface area contributed by atoms with Crippen molar-refractivity contribution in [3.05, 3.63) is 42.0 Å². The molecule has 1 heterocycles. The van der Waals surface area contributed by atoms with Crippen LogP contribution in [0.15, 0.2) is 36.4 Å². The molecule has 1 fully saturated rings. The molecule has 1 saturated heterocycles. The van der Waals surface area contributed by atoms with E-state index in [-0.39, 0.29) is 5.60 Å². The van der Waals surface area contributed by atoms with Gasteiger partial charge in [-0.2, -0.15) is 0 Å². The van der Waals surface area contributed by atoms with Gasteiger partial charge in [0.25, 0.3) is 0 Å². The van der Waals surface area contributed by atoms with E-state index in [2.05, 4.69) is 50.3 Å². The third-order valence-electron chi connectivity index (χ3n) is 3.59. The van der Waals surface area contributed by atoms with Crippen molar-refractivity contribution >= 4 is 0 Å². The highest BCUT2D eigenvalue weighted by atomic mass is 16.6. The van der Waals surface area contributed by atoms with Crippen LogP contribution in [-0.2, 0) is 11.2 Å². The molecule has 0 radical (unpaired) electrons. The summed E-state index contributed by atoms with van der Waals surface area (Å²) in [6.07, 6.45) is 10.6. The Morgan fingerprint density at radius 2 is 1.95 bits per heavy atom. The Bertz CT molecular complexity index is 416. The first-order valence-corrected chi connectivity index (χ1v) is 7.72. The zero-order valence-corrected chi connectivity index (χ0v) is 12.7. The van der Waals surface area contributed by atoms with Gasteiger partial charge in [-0.1, -0.05) is 31.2 Å². The number of hydrogen-bond donors (Lipinski definition) is 0. The molecule has 1 unspecified atom stereocenters. The van der Waals surface area contributed by atoms with Gasteiger partial charge in [0.2, 0.25) is 0 Å². The Balaban J connectivity index is 1.64. The maximum atomic E-state index is 5.72. The van der Waals surface area contributed by atoms with Gasteiger partial charge < -0.3 is 9.47 Å². The normalized spacial score (nSPS) is 21.3. The lowest BCUT2D eigenvalue weighted by molar-refractivity contribution is 0.202. The Kier molecular flexibility index (Phi) is 5.66. The summed E-state index contributed by atoms with van der Waals surface area (Å²) in [5.74, 6) is 0.941. The Morgan fingerprint density at radius 3 is 2.60 bits per heavy atom. The average molecular weight is 274 g/mol. The van der Waals surface area contributed by atoms with Gasteiger partial charge in [-0.05, 0) is 56.7 Å². The van der Waals surface area contributed by atoms with E-state index >= 15 is 0 Å². The maximum absolute atomic E-state index is 5.72. The van der Waals surface area contributed by atoms with Crippen LogP contribution < -0.4 is 4.74 Å². The summed E-state index contributed by atoms with van der Waals surface area (Å²) in [7, 11) is 0.